The summed E-state index contributed by atoms with van der Waals surface area (Å²) in [7, 11) is 0. The minimum absolute atomic E-state index is 0.0466. The largest absolute Gasteiger partial charge is 0.409 e. The zero-order chi connectivity index (χ0) is 10.2. The van der Waals surface area contributed by atoms with E-state index < -0.39 is 5.41 Å². The van der Waals surface area contributed by atoms with Gasteiger partial charge in [-0.2, -0.15) is 0 Å². The second kappa shape index (κ2) is 3.15. The standard InChI is InChI=1S/C9H15N3O2/c10-7(11-14)9(3-4-9)8(13)12-5-1-2-6-12/h14H,1-6H2,(H2,10,11). The van der Waals surface area contributed by atoms with Crippen molar-refractivity contribution in [2.45, 2.75) is 25.7 Å². The SMILES string of the molecule is NC(=NO)C1(C(=O)N2CCCC2)CC1. The normalized spacial score (nSPS) is 25.1. The van der Waals surface area contributed by atoms with Gasteiger partial charge in [-0.25, -0.2) is 0 Å². The van der Waals surface area contributed by atoms with Crippen LogP contribution in [0.5, 0.6) is 0 Å². The van der Waals surface area contributed by atoms with Gasteiger partial charge in [0.15, 0.2) is 5.84 Å². The number of nitrogens with zero attached hydrogens (tertiary/aromatic N) is 2. The van der Waals surface area contributed by atoms with Crippen LogP contribution in [0.2, 0.25) is 0 Å². The zero-order valence-electron chi connectivity index (χ0n) is 8.07. The molecule has 1 saturated carbocycles. The van der Waals surface area contributed by atoms with E-state index >= 15 is 0 Å². The first kappa shape index (κ1) is 9.30. The van der Waals surface area contributed by atoms with E-state index in [-0.39, 0.29) is 11.7 Å². The van der Waals surface area contributed by atoms with E-state index in [0.717, 1.165) is 38.8 Å². The van der Waals surface area contributed by atoms with Gasteiger partial charge in [-0.05, 0) is 25.7 Å². The topological polar surface area (TPSA) is 78.9 Å². The van der Waals surface area contributed by atoms with E-state index in [0.29, 0.717) is 0 Å². The van der Waals surface area contributed by atoms with Crippen molar-refractivity contribution in [1.82, 2.24) is 4.90 Å². The highest BCUT2D eigenvalue weighted by Gasteiger charge is 2.55. The highest BCUT2D eigenvalue weighted by Crippen LogP contribution is 2.47. The summed E-state index contributed by atoms with van der Waals surface area (Å²) in [6, 6.07) is 0. The number of hydrogen-bond donors (Lipinski definition) is 2. The van der Waals surface area contributed by atoms with Gasteiger partial charge in [0.05, 0.1) is 0 Å². The van der Waals surface area contributed by atoms with E-state index in [9.17, 15) is 4.79 Å². The third kappa shape index (κ3) is 1.23. The summed E-state index contributed by atoms with van der Waals surface area (Å²) in [4.78, 5) is 13.8. The maximum Gasteiger partial charge on any atom is 0.236 e. The average Bonchev–Trinajstić information content (AvgIpc) is 2.84. The lowest BCUT2D eigenvalue weighted by atomic mass is 10.0. The molecular formula is C9H15N3O2. The highest BCUT2D eigenvalue weighted by atomic mass is 16.4. The van der Waals surface area contributed by atoms with Crippen LogP contribution in [0, 0.1) is 5.41 Å². The van der Waals surface area contributed by atoms with Crippen LogP contribution in [-0.2, 0) is 4.79 Å². The molecule has 5 nitrogen and oxygen atoms in total. The van der Waals surface area contributed by atoms with Crippen LogP contribution in [0.1, 0.15) is 25.7 Å². The molecule has 1 amide bonds. The summed E-state index contributed by atoms with van der Waals surface area (Å²) < 4.78 is 0. The summed E-state index contributed by atoms with van der Waals surface area (Å²) >= 11 is 0. The molecule has 1 aliphatic carbocycles. The summed E-state index contributed by atoms with van der Waals surface area (Å²) in [5, 5.41) is 11.6. The van der Waals surface area contributed by atoms with Crippen molar-refractivity contribution in [1.29, 1.82) is 0 Å². The minimum Gasteiger partial charge on any atom is -0.409 e. The molecule has 2 aliphatic rings. The lowest BCUT2D eigenvalue weighted by Crippen LogP contribution is -2.42. The average molecular weight is 197 g/mol. The van der Waals surface area contributed by atoms with Gasteiger partial charge < -0.3 is 15.8 Å². The molecule has 0 atom stereocenters. The monoisotopic (exact) mass is 197 g/mol. The molecule has 0 bridgehead atoms. The van der Waals surface area contributed by atoms with Gasteiger partial charge in [-0.3, -0.25) is 4.79 Å². The maximum atomic E-state index is 12.0. The number of amidine groups is 1. The Kier molecular flexibility index (Phi) is 2.09. The minimum atomic E-state index is -0.654. The first-order valence-electron chi connectivity index (χ1n) is 4.98. The Morgan fingerprint density at radius 2 is 1.93 bits per heavy atom. The molecular weight excluding hydrogens is 182 g/mol. The Morgan fingerprint density at radius 1 is 1.36 bits per heavy atom. The van der Waals surface area contributed by atoms with Gasteiger partial charge >= 0.3 is 0 Å². The molecule has 0 aromatic heterocycles. The Hall–Kier alpha value is -1.26. The van der Waals surface area contributed by atoms with Crippen molar-refractivity contribution < 1.29 is 10.0 Å². The molecule has 5 heteroatoms. The fraction of sp³-hybridized carbons (Fsp3) is 0.778. The molecule has 2 fully saturated rings. The van der Waals surface area contributed by atoms with Crippen LogP contribution < -0.4 is 5.73 Å². The van der Waals surface area contributed by atoms with Gasteiger partial charge in [0.1, 0.15) is 5.41 Å². The van der Waals surface area contributed by atoms with Gasteiger partial charge in [-0.15, -0.1) is 0 Å². The summed E-state index contributed by atoms with van der Waals surface area (Å²) in [5.41, 5.74) is 4.88. The number of rotatable bonds is 2. The number of likely N-dealkylation sites (tertiary alicyclic amines) is 1. The zero-order valence-corrected chi connectivity index (χ0v) is 8.07. The van der Waals surface area contributed by atoms with Crippen LogP contribution in [0.25, 0.3) is 0 Å². The Labute approximate surface area is 82.6 Å². The number of nitrogens with two attached hydrogens (primary N) is 1. The van der Waals surface area contributed by atoms with E-state index in [4.69, 9.17) is 10.9 Å². The van der Waals surface area contributed by atoms with Crippen molar-refractivity contribution in [3.05, 3.63) is 0 Å². The lowest BCUT2D eigenvalue weighted by Gasteiger charge is -2.21. The number of hydrogen-bond acceptors (Lipinski definition) is 3. The van der Waals surface area contributed by atoms with E-state index in [1.165, 1.54) is 0 Å². The fourth-order valence-corrected chi connectivity index (χ4v) is 2.02. The summed E-state index contributed by atoms with van der Waals surface area (Å²) in [6.07, 6.45) is 3.58. The molecule has 14 heavy (non-hydrogen) atoms. The second-order valence-electron chi connectivity index (χ2n) is 4.07. The van der Waals surface area contributed by atoms with Crippen LogP contribution >= 0.6 is 0 Å². The highest BCUT2D eigenvalue weighted by molar-refractivity contribution is 6.09. The fourth-order valence-electron chi connectivity index (χ4n) is 2.02. The molecule has 2 rings (SSSR count). The molecule has 0 spiro atoms. The molecule has 78 valence electrons. The van der Waals surface area contributed by atoms with Gasteiger partial charge in [0.2, 0.25) is 5.91 Å². The van der Waals surface area contributed by atoms with Crippen molar-refractivity contribution >= 4 is 11.7 Å². The quantitative estimate of drug-likeness (QED) is 0.286. The van der Waals surface area contributed by atoms with Gasteiger partial charge in [0, 0.05) is 13.1 Å². The van der Waals surface area contributed by atoms with Crippen molar-refractivity contribution in [2.24, 2.45) is 16.3 Å². The molecule has 3 N–H and O–H groups in total. The van der Waals surface area contributed by atoms with E-state index in [1.54, 1.807) is 0 Å². The summed E-state index contributed by atoms with van der Waals surface area (Å²) in [5.74, 6) is 0.125. The third-order valence-electron chi connectivity index (χ3n) is 3.15. The second-order valence-corrected chi connectivity index (χ2v) is 4.07. The predicted octanol–water partition coefficient (Wildman–Crippen LogP) is 0.135. The smallest absolute Gasteiger partial charge is 0.236 e. The molecule has 0 aromatic carbocycles. The number of carbonyl (C=O) groups excluding carboxylic acids is 1. The molecule has 0 unspecified atom stereocenters. The lowest BCUT2D eigenvalue weighted by molar-refractivity contribution is -0.133. The van der Waals surface area contributed by atoms with Crippen molar-refractivity contribution in [3.8, 4) is 0 Å². The number of carbonyl (C=O) groups is 1. The van der Waals surface area contributed by atoms with Gasteiger partial charge in [-0.1, -0.05) is 5.16 Å². The number of oxime groups is 1. The summed E-state index contributed by atoms with van der Waals surface area (Å²) in [6.45, 7) is 1.64. The predicted molar refractivity (Wildman–Crippen MR) is 50.9 cm³/mol. The first-order chi connectivity index (χ1) is 6.70. The van der Waals surface area contributed by atoms with Gasteiger partial charge in [0.25, 0.3) is 0 Å². The van der Waals surface area contributed by atoms with Crippen LogP contribution in [0.4, 0.5) is 0 Å². The molecule has 1 saturated heterocycles. The van der Waals surface area contributed by atoms with E-state index in [2.05, 4.69) is 5.16 Å². The Bertz CT molecular complexity index is 278. The molecule has 0 aromatic rings. The molecule has 0 radical (unpaired) electrons. The maximum absolute atomic E-state index is 12.0. The number of amides is 1. The van der Waals surface area contributed by atoms with Crippen LogP contribution in [-0.4, -0.2) is 34.9 Å². The van der Waals surface area contributed by atoms with Crippen LogP contribution in [0.15, 0.2) is 5.16 Å². The Morgan fingerprint density at radius 3 is 2.36 bits per heavy atom. The van der Waals surface area contributed by atoms with E-state index in [1.807, 2.05) is 4.90 Å². The van der Waals surface area contributed by atoms with Crippen LogP contribution in [0.3, 0.4) is 0 Å². The Balaban J connectivity index is 2.10. The van der Waals surface area contributed by atoms with Crippen molar-refractivity contribution in [2.75, 3.05) is 13.1 Å². The third-order valence-corrected chi connectivity index (χ3v) is 3.15. The molecule has 1 aliphatic heterocycles. The van der Waals surface area contributed by atoms with Crippen molar-refractivity contribution in [3.63, 3.8) is 0 Å². The molecule has 1 heterocycles. The first-order valence-corrected chi connectivity index (χ1v) is 4.98.